The van der Waals surface area contributed by atoms with Crippen molar-refractivity contribution in [1.82, 2.24) is 10.0 Å². The lowest BCUT2D eigenvalue weighted by molar-refractivity contribution is 0.543. The summed E-state index contributed by atoms with van der Waals surface area (Å²) in [7, 11) is -3.34. The quantitative estimate of drug-likeness (QED) is 0.842. The first kappa shape index (κ1) is 15.3. The highest BCUT2D eigenvalue weighted by Crippen LogP contribution is 2.22. The highest BCUT2D eigenvalue weighted by Gasteiger charge is 2.22. The summed E-state index contributed by atoms with van der Waals surface area (Å²) < 4.78 is 27.3. The Bertz CT molecular complexity index is 493. The molecule has 1 aliphatic rings. The van der Waals surface area contributed by atoms with E-state index in [1.807, 2.05) is 18.7 Å². The monoisotopic (exact) mass is 320 g/mol. The predicted octanol–water partition coefficient (Wildman–Crippen LogP) is 2.03. The lowest BCUT2D eigenvalue weighted by Gasteiger charge is -2.21. The molecule has 1 aromatic rings. The third-order valence-electron chi connectivity index (χ3n) is 2.97. The van der Waals surface area contributed by atoms with Crippen molar-refractivity contribution in [1.29, 1.82) is 0 Å². The average molecular weight is 321 g/mol. The van der Waals surface area contributed by atoms with Gasteiger partial charge in [-0.15, -0.1) is 11.3 Å². The van der Waals surface area contributed by atoms with Crippen LogP contribution < -0.4 is 10.0 Å². The minimum Gasteiger partial charge on any atom is -0.312 e. The largest absolute Gasteiger partial charge is 0.312 e. The summed E-state index contributed by atoms with van der Waals surface area (Å²) in [4.78, 5) is 1.46. The molecule has 4 nitrogen and oxygen atoms in total. The van der Waals surface area contributed by atoms with E-state index >= 15 is 0 Å². The molecule has 2 rings (SSSR count). The van der Waals surface area contributed by atoms with E-state index in [0.717, 1.165) is 42.3 Å². The molecule has 1 atom stereocenters. The molecule has 0 spiro atoms. The molecule has 19 heavy (non-hydrogen) atoms. The fourth-order valence-electron chi connectivity index (χ4n) is 1.96. The van der Waals surface area contributed by atoms with E-state index in [4.69, 9.17) is 0 Å². The van der Waals surface area contributed by atoms with Crippen molar-refractivity contribution in [3.8, 4) is 0 Å². The molecule has 1 fully saturated rings. The average Bonchev–Trinajstić information content (AvgIpc) is 2.86. The van der Waals surface area contributed by atoms with E-state index in [9.17, 15) is 8.42 Å². The zero-order chi connectivity index (χ0) is 13.7. The van der Waals surface area contributed by atoms with Crippen LogP contribution in [0.3, 0.4) is 0 Å². The lowest BCUT2D eigenvalue weighted by Crippen LogP contribution is -2.38. The molecule has 2 N–H and O–H groups in total. The van der Waals surface area contributed by atoms with Gasteiger partial charge >= 0.3 is 0 Å². The van der Waals surface area contributed by atoms with Crippen LogP contribution in [0.15, 0.2) is 16.3 Å². The van der Waals surface area contributed by atoms with E-state index in [0.29, 0.717) is 4.90 Å². The van der Waals surface area contributed by atoms with E-state index in [-0.39, 0.29) is 6.04 Å². The van der Waals surface area contributed by atoms with Gasteiger partial charge in [0, 0.05) is 28.6 Å². The van der Waals surface area contributed by atoms with Crippen molar-refractivity contribution in [3.63, 3.8) is 0 Å². The fraction of sp³-hybridized carbons (Fsp3) is 0.667. The molecule has 0 bridgehead atoms. The number of nitrogens with one attached hydrogen (secondary N) is 2. The third kappa shape index (κ3) is 4.46. The maximum atomic E-state index is 12.3. The van der Waals surface area contributed by atoms with Crippen LogP contribution in [0, 0.1) is 0 Å². The first-order valence-corrected chi connectivity index (χ1v) is 10.0. The highest BCUT2D eigenvalue weighted by molar-refractivity contribution is 7.99. The van der Waals surface area contributed by atoms with Crippen molar-refractivity contribution in [3.05, 3.63) is 16.3 Å². The Morgan fingerprint density at radius 1 is 1.47 bits per heavy atom. The van der Waals surface area contributed by atoms with Gasteiger partial charge in [0.15, 0.2) is 0 Å². The second kappa shape index (κ2) is 7.08. The zero-order valence-corrected chi connectivity index (χ0v) is 13.5. The molecule has 2 heterocycles. The third-order valence-corrected chi connectivity index (χ3v) is 6.77. The molecular weight excluding hydrogens is 300 g/mol. The summed E-state index contributed by atoms with van der Waals surface area (Å²) in [6, 6.07) is 1.85. The Morgan fingerprint density at radius 2 is 2.32 bits per heavy atom. The minimum atomic E-state index is -3.34. The smallest absolute Gasteiger partial charge is 0.241 e. The lowest BCUT2D eigenvalue weighted by atomic mass is 10.2. The van der Waals surface area contributed by atoms with Crippen LogP contribution in [0.4, 0.5) is 0 Å². The molecule has 1 aromatic heterocycles. The van der Waals surface area contributed by atoms with Crippen LogP contribution in [0.1, 0.15) is 24.6 Å². The molecular formula is C12H20N2O2S3. The van der Waals surface area contributed by atoms with Gasteiger partial charge in [-0.1, -0.05) is 6.92 Å². The van der Waals surface area contributed by atoms with Gasteiger partial charge < -0.3 is 5.32 Å². The predicted molar refractivity (Wildman–Crippen MR) is 82.4 cm³/mol. The molecule has 108 valence electrons. The second-order valence-corrected chi connectivity index (χ2v) is 8.42. The van der Waals surface area contributed by atoms with Crippen LogP contribution in [0.5, 0.6) is 0 Å². The molecule has 1 aliphatic heterocycles. The maximum Gasteiger partial charge on any atom is 0.241 e. The van der Waals surface area contributed by atoms with Crippen LogP contribution in [-0.2, 0) is 16.6 Å². The summed E-state index contributed by atoms with van der Waals surface area (Å²) in [5.41, 5.74) is 0. The van der Waals surface area contributed by atoms with Gasteiger partial charge in [-0.3, -0.25) is 0 Å². The molecule has 1 saturated heterocycles. The molecule has 1 unspecified atom stereocenters. The van der Waals surface area contributed by atoms with Crippen LogP contribution in [0.25, 0.3) is 0 Å². The summed E-state index contributed by atoms with van der Waals surface area (Å²) in [5, 5.41) is 4.93. The van der Waals surface area contributed by atoms with Gasteiger partial charge in [-0.2, -0.15) is 11.8 Å². The summed E-state index contributed by atoms with van der Waals surface area (Å²) in [6.45, 7) is 3.65. The number of sulfonamides is 1. The summed E-state index contributed by atoms with van der Waals surface area (Å²) in [5.74, 6) is 2.02. The molecule has 0 amide bonds. The fourth-order valence-corrected chi connectivity index (χ4v) is 5.66. The number of rotatable bonds is 6. The Labute approximate surface area is 123 Å². The second-order valence-electron chi connectivity index (χ2n) is 4.56. The van der Waals surface area contributed by atoms with Crippen molar-refractivity contribution in [2.24, 2.45) is 0 Å². The molecule has 0 aromatic carbocycles. The Balaban J connectivity index is 1.99. The van der Waals surface area contributed by atoms with Gasteiger partial charge in [0.1, 0.15) is 0 Å². The van der Waals surface area contributed by atoms with E-state index in [1.54, 1.807) is 11.4 Å². The van der Waals surface area contributed by atoms with Gasteiger partial charge in [0.05, 0.1) is 4.90 Å². The Hall–Kier alpha value is -0.0800. The standard InChI is InChI=1S/C12H20N2O2S3/c1-2-13-7-11-6-12(9-18-11)19(15,16)14-10-4-3-5-17-8-10/h6,9-10,13-14H,2-5,7-8H2,1H3. The topological polar surface area (TPSA) is 58.2 Å². The summed E-state index contributed by atoms with van der Waals surface area (Å²) >= 11 is 3.31. The van der Waals surface area contributed by atoms with Gasteiger partial charge in [-0.05, 0) is 31.2 Å². The SMILES string of the molecule is CCNCc1cc(S(=O)(=O)NC2CCCSC2)cs1. The van der Waals surface area contributed by atoms with E-state index in [1.165, 1.54) is 11.3 Å². The Morgan fingerprint density at radius 3 is 3.00 bits per heavy atom. The van der Waals surface area contributed by atoms with E-state index in [2.05, 4.69) is 10.0 Å². The molecule has 0 saturated carbocycles. The molecule has 0 aliphatic carbocycles. The van der Waals surface area contributed by atoms with Crippen LogP contribution in [-0.4, -0.2) is 32.5 Å². The zero-order valence-electron chi connectivity index (χ0n) is 11.0. The van der Waals surface area contributed by atoms with Crippen molar-refractivity contribution in [2.45, 2.75) is 37.2 Å². The van der Waals surface area contributed by atoms with E-state index < -0.39 is 10.0 Å². The van der Waals surface area contributed by atoms with Gasteiger partial charge in [0.25, 0.3) is 0 Å². The number of hydrogen-bond acceptors (Lipinski definition) is 5. The minimum absolute atomic E-state index is 0.0841. The molecule has 0 radical (unpaired) electrons. The first-order chi connectivity index (χ1) is 9.12. The number of hydrogen-bond donors (Lipinski definition) is 2. The van der Waals surface area contributed by atoms with Crippen molar-refractivity contribution in [2.75, 3.05) is 18.1 Å². The van der Waals surface area contributed by atoms with Gasteiger partial charge in [-0.25, -0.2) is 13.1 Å². The number of thioether (sulfide) groups is 1. The van der Waals surface area contributed by atoms with Gasteiger partial charge in [0.2, 0.25) is 10.0 Å². The first-order valence-electron chi connectivity index (χ1n) is 6.50. The summed E-state index contributed by atoms with van der Waals surface area (Å²) in [6.07, 6.45) is 2.04. The highest BCUT2D eigenvalue weighted by atomic mass is 32.2. The van der Waals surface area contributed by atoms with Crippen LogP contribution >= 0.6 is 23.1 Å². The van der Waals surface area contributed by atoms with Crippen molar-refractivity contribution >= 4 is 33.1 Å². The normalized spacial score (nSPS) is 20.6. The number of thiophene rings is 1. The molecule has 7 heteroatoms. The maximum absolute atomic E-state index is 12.3. The Kier molecular flexibility index (Phi) is 5.70. The van der Waals surface area contributed by atoms with Crippen molar-refractivity contribution < 1.29 is 8.42 Å². The van der Waals surface area contributed by atoms with Crippen LogP contribution in [0.2, 0.25) is 0 Å².